The normalized spacial score (nSPS) is 14.5. The van der Waals surface area contributed by atoms with Crippen molar-refractivity contribution in [3.8, 4) is 0 Å². The number of furan rings is 1. The van der Waals surface area contributed by atoms with Gasteiger partial charge in [0.05, 0.1) is 12.8 Å². The molecule has 0 bridgehead atoms. The van der Waals surface area contributed by atoms with Crippen LogP contribution < -0.4 is 10.2 Å². The molecule has 0 amide bonds. The summed E-state index contributed by atoms with van der Waals surface area (Å²) < 4.78 is 5.50. The Balaban J connectivity index is 1.93. The first kappa shape index (κ1) is 13.5. The molecule has 1 fully saturated rings. The molecule has 0 atom stereocenters. The van der Waals surface area contributed by atoms with Crippen LogP contribution in [0.3, 0.4) is 0 Å². The van der Waals surface area contributed by atoms with E-state index in [-0.39, 0.29) is 0 Å². The number of nitrogens with one attached hydrogen (secondary N) is 1. The fraction of sp³-hybridized carbons (Fsp3) is 0.375. The molecule has 1 N–H and O–H groups in total. The molecule has 20 heavy (non-hydrogen) atoms. The molecular weight excluding hydrogens is 272 g/mol. The average molecular weight is 291 g/mol. The molecule has 0 spiro atoms. The third-order valence-corrected chi connectivity index (χ3v) is 4.01. The number of nitrogens with zero attached hydrogens (tertiary/aromatic N) is 1. The fourth-order valence-electron chi connectivity index (χ4n) is 2.54. The Kier molecular flexibility index (Phi) is 3.99. The predicted molar refractivity (Wildman–Crippen MR) is 82.1 cm³/mol. The molecule has 0 aliphatic heterocycles. The van der Waals surface area contributed by atoms with Gasteiger partial charge in [0.25, 0.3) is 0 Å². The zero-order valence-corrected chi connectivity index (χ0v) is 12.4. The van der Waals surface area contributed by atoms with Gasteiger partial charge >= 0.3 is 0 Å². The van der Waals surface area contributed by atoms with Crippen molar-refractivity contribution in [2.75, 3.05) is 11.9 Å². The smallest absolute Gasteiger partial charge is 0.123 e. The number of benzene rings is 1. The molecule has 3 nitrogen and oxygen atoms in total. The third-order valence-electron chi connectivity index (χ3n) is 3.65. The SMILES string of the molecule is CNCc1c(Cl)cccc1N(Cc1ccco1)C1CC1. The second-order valence-corrected chi connectivity index (χ2v) is 5.61. The minimum absolute atomic E-state index is 0.606. The van der Waals surface area contributed by atoms with Crippen LogP contribution in [0.25, 0.3) is 0 Å². The molecule has 0 saturated heterocycles. The Labute approximate surface area is 124 Å². The molecule has 4 heteroatoms. The van der Waals surface area contributed by atoms with Crippen molar-refractivity contribution in [2.45, 2.75) is 32.0 Å². The first-order chi connectivity index (χ1) is 9.79. The van der Waals surface area contributed by atoms with Crippen LogP contribution in [-0.4, -0.2) is 13.1 Å². The summed E-state index contributed by atoms with van der Waals surface area (Å²) in [6.07, 6.45) is 4.21. The van der Waals surface area contributed by atoms with E-state index in [0.29, 0.717) is 6.04 Å². The Morgan fingerprint density at radius 3 is 2.80 bits per heavy atom. The minimum Gasteiger partial charge on any atom is -0.467 e. The Morgan fingerprint density at radius 2 is 2.15 bits per heavy atom. The summed E-state index contributed by atoms with van der Waals surface area (Å²) in [5.41, 5.74) is 2.38. The van der Waals surface area contributed by atoms with Crippen LogP contribution in [0, 0.1) is 0 Å². The average Bonchev–Trinajstić information content (AvgIpc) is 3.16. The van der Waals surface area contributed by atoms with Crippen molar-refractivity contribution in [3.05, 3.63) is 52.9 Å². The van der Waals surface area contributed by atoms with E-state index in [1.165, 1.54) is 18.5 Å². The van der Waals surface area contributed by atoms with E-state index < -0.39 is 0 Å². The van der Waals surface area contributed by atoms with Gasteiger partial charge in [0, 0.05) is 28.9 Å². The summed E-state index contributed by atoms with van der Waals surface area (Å²) in [5, 5.41) is 4.02. The van der Waals surface area contributed by atoms with Crippen LogP contribution >= 0.6 is 11.6 Å². The molecule has 1 heterocycles. The number of anilines is 1. The Morgan fingerprint density at radius 1 is 1.30 bits per heavy atom. The van der Waals surface area contributed by atoms with E-state index in [9.17, 15) is 0 Å². The second-order valence-electron chi connectivity index (χ2n) is 5.21. The maximum atomic E-state index is 6.37. The van der Waals surface area contributed by atoms with E-state index in [4.69, 9.17) is 16.0 Å². The molecule has 1 aromatic heterocycles. The summed E-state index contributed by atoms with van der Waals surface area (Å²) >= 11 is 6.37. The quantitative estimate of drug-likeness (QED) is 0.877. The van der Waals surface area contributed by atoms with Gasteiger partial charge in [-0.1, -0.05) is 17.7 Å². The van der Waals surface area contributed by atoms with Crippen molar-refractivity contribution in [2.24, 2.45) is 0 Å². The van der Waals surface area contributed by atoms with E-state index in [1.807, 2.05) is 31.3 Å². The lowest BCUT2D eigenvalue weighted by molar-refractivity contribution is 0.501. The van der Waals surface area contributed by atoms with Crippen molar-refractivity contribution < 1.29 is 4.42 Å². The molecule has 1 aromatic carbocycles. The molecular formula is C16H19ClN2O. The van der Waals surface area contributed by atoms with Crippen LogP contribution in [0.5, 0.6) is 0 Å². The van der Waals surface area contributed by atoms with Gasteiger partial charge in [-0.15, -0.1) is 0 Å². The zero-order valence-electron chi connectivity index (χ0n) is 11.6. The van der Waals surface area contributed by atoms with E-state index >= 15 is 0 Å². The van der Waals surface area contributed by atoms with Crippen LogP contribution in [0.2, 0.25) is 5.02 Å². The molecule has 3 rings (SSSR count). The highest BCUT2D eigenvalue weighted by molar-refractivity contribution is 6.31. The van der Waals surface area contributed by atoms with Crippen molar-refractivity contribution >= 4 is 17.3 Å². The van der Waals surface area contributed by atoms with E-state index in [2.05, 4.69) is 16.3 Å². The molecule has 0 unspecified atom stereocenters. The van der Waals surface area contributed by atoms with Gasteiger partial charge in [0.15, 0.2) is 0 Å². The second kappa shape index (κ2) is 5.90. The van der Waals surface area contributed by atoms with Crippen LogP contribution in [0.4, 0.5) is 5.69 Å². The predicted octanol–water partition coefficient (Wildman–Crippen LogP) is 3.82. The maximum absolute atomic E-state index is 6.37. The Hall–Kier alpha value is -1.45. The van der Waals surface area contributed by atoms with Gasteiger partial charge in [-0.25, -0.2) is 0 Å². The van der Waals surface area contributed by atoms with Gasteiger partial charge in [0.1, 0.15) is 5.76 Å². The summed E-state index contributed by atoms with van der Waals surface area (Å²) in [6, 6.07) is 10.7. The van der Waals surface area contributed by atoms with Crippen LogP contribution in [0.1, 0.15) is 24.2 Å². The van der Waals surface area contributed by atoms with Crippen LogP contribution in [-0.2, 0) is 13.1 Å². The van der Waals surface area contributed by atoms with Crippen molar-refractivity contribution in [1.29, 1.82) is 0 Å². The number of hydrogen-bond donors (Lipinski definition) is 1. The van der Waals surface area contributed by atoms with Gasteiger partial charge in [-0.2, -0.15) is 0 Å². The van der Waals surface area contributed by atoms with Gasteiger partial charge in [-0.3, -0.25) is 0 Å². The largest absolute Gasteiger partial charge is 0.467 e. The molecule has 1 aliphatic carbocycles. The summed E-state index contributed by atoms with van der Waals surface area (Å²) in [4.78, 5) is 2.41. The van der Waals surface area contributed by atoms with Crippen molar-refractivity contribution in [3.63, 3.8) is 0 Å². The van der Waals surface area contributed by atoms with E-state index in [1.54, 1.807) is 6.26 Å². The molecule has 2 aromatic rings. The highest BCUT2D eigenvalue weighted by atomic mass is 35.5. The number of rotatable bonds is 6. The summed E-state index contributed by atoms with van der Waals surface area (Å²) in [7, 11) is 1.95. The summed E-state index contributed by atoms with van der Waals surface area (Å²) in [6.45, 7) is 1.57. The van der Waals surface area contributed by atoms with Gasteiger partial charge in [0.2, 0.25) is 0 Å². The zero-order chi connectivity index (χ0) is 13.9. The summed E-state index contributed by atoms with van der Waals surface area (Å²) in [5.74, 6) is 0.993. The standard InChI is InChI=1S/C16H19ClN2O/c1-18-10-14-15(17)5-2-6-16(14)19(12-7-8-12)11-13-4-3-9-20-13/h2-6,9,12,18H,7-8,10-11H2,1H3. The highest BCUT2D eigenvalue weighted by Gasteiger charge is 2.31. The maximum Gasteiger partial charge on any atom is 0.123 e. The number of halogens is 1. The van der Waals surface area contributed by atoms with E-state index in [0.717, 1.165) is 29.4 Å². The van der Waals surface area contributed by atoms with Gasteiger partial charge < -0.3 is 14.6 Å². The first-order valence-corrected chi connectivity index (χ1v) is 7.38. The monoisotopic (exact) mass is 290 g/mol. The topological polar surface area (TPSA) is 28.4 Å². The van der Waals surface area contributed by atoms with Crippen molar-refractivity contribution in [1.82, 2.24) is 5.32 Å². The third kappa shape index (κ3) is 2.84. The fourth-order valence-corrected chi connectivity index (χ4v) is 2.77. The highest BCUT2D eigenvalue weighted by Crippen LogP contribution is 2.37. The first-order valence-electron chi connectivity index (χ1n) is 7.00. The Bertz CT molecular complexity index is 564. The van der Waals surface area contributed by atoms with Gasteiger partial charge in [-0.05, 0) is 44.2 Å². The lowest BCUT2D eigenvalue weighted by Gasteiger charge is -2.27. The molecule has 1 aliphatic rings. The minimum atomic E-state index is 0.606. The van der Waals surface area contributed by atoms with Crippen LogP contribution in [0.15, 0.2) is 41.0 Å². The molecule has 1 saturated carbocycles. The number of hydrogen-bond acceptors (Lipinski definition) is 3. The molecule has 106 valence electrons. The lowest BCUT2D eigenvalue weighted by atomic mass is 10.1. The lowest BCUT2D eigenvalue weighted by Crippen LogP contribution is -2.26. The molecule has 0 radical (unpaired) electrons.